The van der Waals surface area contributed by atoms with Crippen molar-refractivity contribution < 1.29 is 14.7 Å². The second kappa shape index (κ2) is 6.51. The summed E-state index contributed by atoms with van der Waals surface area (Å²) in [5.41, 5.74) is 1.26. The second-order valence-corrected chi connectivity index (χ2v) is 4.46. The van der Waals surface area contributed by atoms with Crippen LogP contribution in [0.5, 0.6) is 0 Å². The summed E-state index contributed by atoms with van der Waals surface area (Å²) >= 11 is 0. The van der Waals surface area contributed by atoms with Crippen LogP contribution >= 0.6 is 0 Å². The molecule has 0 radical (unpaired) electrons. The molecule has 0 aliphatic carbocycles. The van der Waals surface area contributed by atoms with Crippen LogP contribution < -0.4 is 5.32 Å². The van der Waals surface area contributed by atoms with E-state index < -0.39 is 5.97 Å². The minimum atomic E-state index is -0.990. The molecular weight excluding hydrogens is 270 g/mol. The topological polar surface area (TPSA) is 82.0 Å². The molecule has 6 nitrogen and oxygen atoms in total. The van der Waals surface area contributed by atoms with Gasteiger partial charge in [0.2, 0.25) is 5.96 Å². The number of nitrogens with one attached hydrogen (secondary N) is 1. The maximum atomic E-state index is 11.7. The molecule has 1 heterocycles. The summed E-state index contributed by atoms with van der Waals surface area (Å²) in [5.74, 6) is -1.10. The SMILES string of the molecule is CN(CC(=O)O)C1=NC(=CC=Cc2ccccc2)C(=O)N1. The van der Waals surface area contributed by atoms with Gasteiger partial charge in [0.25, 0.3) is 5.91 Å². The number of aliphatic imine (C=N–C) groups is 1. The van der Waals surface area contributed by atoms with Crippen molar-refractivity contribution in [2.45, 2.75) is 0 Å². The van der Waals surface area contributed by atoms with E-state index in [9.17, 15) is 9.59 Å². The Labute approximate surface area is 122 Å². The lowest BCUT2D eigenvalue weighted by atomic mass is 10.2. The van der Waals surface area contributed by atoms with Gasteiger partial charge >= 0.3 is 5.97 Å². The molecule has 0 saturated heterocycles. The number of carbonyl (C=O) groups is 2. The number of allylic oxidation sites excluding steroid dienone is 2. The summed E-state index contributed by atoms with van der Waals surface area (Å²) < 4.78 is 0. The van der Waals surface area contributed by atoms with Gasteiger partial charge in [-0.3, -0.25) is 14.9 Å². The Bertz CT molecular complexity index is 633. The predicted molar refractivity (Wildman–Crippen MR) is 79.4 cm³/mol. The first-order valence-electron chi connectivity index (χ1n) is 6.32. The number of benzene rings is 1. The molecule has 0 spiro atoms. The molecule has 1 aromatic rings. The van der Waals surface area contributed by atoms with Gasteiger partial charge in [0.05, 0.1) is 0 Å². The molecule has 1 aromatic carbocycles. The zero-order valence-corrected chi connectivity index (χ0v) is 11.5. The molecule has 21 heavy (non-hydrogen) atoms. The molecule has 0 atom stereocenters. The molecule has 1 aliphatic heterocycles. The highest BCUT2D eigenvalue weighted by Gasteiger charge is 2.22. The maximum Gasteiger partial charge on any atom is 0.323 e. The van der Waals surface area contributed by atoms with Crippen LogP contribution in [0.1, 0.15) is 5.56 Å². The number of nitrogens with zero attached hydrogens (tertiary/aromatic N) is 2. The van der Waals surface area contributed by atoms with Crippen LogP contribution in [0.2, 0.25) is 0 Å². The van der Waals surface area contributed by atoms with E-state index in [0.29, 0.717) is 0 Å². The van der Waals surface area contributed by atoms with E-state index in [2.05, 4.69) is 10.3 Å². The van der Waals surface area contributed by atoms with Crippen LogP contribution in [0.4, 0.5) is 0 Å². The number of aliphatic carboxylic acids is 1. The van der Waals surface area contributed by atoms with E-state index in [1.807, 2.05) is 36.4 Å². The number of carboxylic acid groups (broad SMARTS) is 1. The largest absolute Gasteiger partial charge is 0.480 e. The number of carboxylic acids is 1. The van der Waals surface area contributed by atoms with E-state index in [1.165, 1.54) is 4.90 Å². The lowest BCUT2D eigenvalue weighted by Crippen LogP contribution is -2.40. The lowest BCUT2D eigenvalue weighted by Gasteiger charge is -2.14. The van der Waals surface area contributed by atoms with E-state index >= 15 is 0 Å². The summed E-state index contributed by atoms with van der Waals surface area (Å²) in [4.78, 5) is 27.8. The molecular formula is C15H15N3O3. The third-order valence-corrected chi connectivity index (χ3v) is 2.76. The molecule has 2 N–H and O–H groups in total. The molecule has 0 saturated carbocycles. The van der Waals surface area contributed by atoms with E-state index in [1.54, 1.807) is 19.2 Å². The molecule has 108 valence electrons. The van der Waals surface area contributed by atoms with Gasteiger partial charge in [-0.15, -0.1) is 0 Å². The highest BCUT2D eigenvalue weighted by Crippen LogP contribution is 2.08. The van der Waals surface area contributed by atoms with Crippen molar-refractivity contribution in [3.8, 4) is 0 Å². The van der Waals surface area contributed by atoms with Gasteiger partial charge in [-0.2, -0.15) is 0 Å². The Hall–Kier alpha value is -2.89. The summed E-state index contributed by atoms with van der Waals surface area (Å²) in [6.45, 7) is -0.230. The smallest absolute Gasteiger partial charge is 0.323 e. The zero-order valence-electron chi connectivity index (χ0n) is 11.5. The Morgan fingerprint density at radius 1 is 1.38 bits per heavy atom. The van der Waals surface area contributed by atoms with Gasteiger partial charge in [0.1, 0.15) is 12.2 Å². The van der Waals surface area contributed by atoms with Crippen LogP contribution in [0.3, 0.4) is 0 Å². The molecule has 2 rings (SSSR count). The average Bonchev–Trinajstić information content (AvgIpc) is 2.81. The van der Waals surface area contributed by atoms with Crippen molar-refractivity contribution in [2.75, 3.05) is 13.6 Å². The minimum absolute atomic E-state index is 0.230. The zero-order chi connectivity index (χ0) is 15.2. The summed E-state index contributed by atoms with van der Waals surface area (Å²) in [7, 11) is 1.55. The average molecular weight is 285 g/mol. The van der Waals surface area contributed by atoms with E-state index in [-0.39, 0.29) is 24.1 Å². The second-order valence-electron chi connectivity index (χ2n) is 4.46. The van der Waals surface area contributed by atoms with E-state index in [0.717, 1.165) is 5.56 Å². The molecule has 1 amide bonds. The van der Waals surface area contributed by atoms with Gasteiger partial charge in [-0.25, -0.2) is 4.99 Å². The van der Waals surface area contributed by atoms with Crippen molar-refractivity contribution in [3.63, 3.8) is 0 Å². The van der Waals surface area contributed by atoms with Crippen molar-refractivity contribution in [2.24, 2.45) is 4.99 Å². The molecule has 0 aromatic heterocycles. The summed E-state index contributed by atoms with van der Waals surface area (Å²) in [6, 6.07) is 9.66. The van der Waals surface area contributed by atoms with Crippen LogP contribution in [0.25, 0.3) is 6.08 Å². The summed E-state index contributed by atoms with van der Waals surface area (Å²) in [5, 5.41) is 11.2. The van der Waals surface area contributed by atoms with Crippen LogP contribution in [-0.4, -0.2) is 41.4 Å². The van der Waals surface area contributed by atoms with E-state index in [4.69, 9.17) is 5.11 Å². The number of rotatable bonds is 4. The number of amides is 1. The highest BCUT2D eigenvalue weighted by atomic mass is 16.4. The first-order chi connectivity index (χ1) is 10.1. The van der Waals surface area contributed by atoms with Crippen LogP contribution in [0.15, 0.2) is 53.2 Å². The molecule has 0 unspecified atom stereocenters. The first-order valence-corrected chi connectivity index (χ1v) is 6.32. The lowest BCUT2D eigenvalue weighted by molar-refractivity contribution is -0.137. The van der Waals surface area contributed by atoms with Crippen molar-refractivity contribution in [3.05, 3.63) is 53.7 Å². The predicted octanol–water partition coefficient (Wildman–Crippen LogP) is 1.09. The normalized spacial score (nSPS) is 16.1. The van der Waals surface area contributed by atoms with Gasteiger partial charge in [-0.05, 0) is 11.6 Å². The van der Waals surface area contributed by atoms with Gasteiger partial charge in [0.15, 0.2) is 0 Å². The van der Waals surface area contributed by atoms with Gasteiger partial charge in [-0.1, -0.05) is 42.5 Å². The maximum absolute atomic E-state index is 11.7. The molecule has 0 bridgehead atoms. The van der Waals surface area contributed by atoms with Crippen LogP contribution in [0, 0.1) is 0 Å². The Morgan fingerprint density at radius 3 is 2.76 bits per heavy atom. The Morgan fingerprint density at radius 2 is 2.10 bits per heavy atom. The van der Waals surface area contributed by atoms with Crippen molar-refractivity contribution >= 4 is 23.9 Å². The van der Waals surface area contributed by atoms with Crippen molar-refractivity contribution in [1.82, 2.24) is 10.2 Å². The quantitative estimate of drug-likeness (QED) is 0.811. The molecule has 1 aliphatic rings. The summed E-state index contributed by atoms with van der Waals surface area (Å²) in [6.07, 6.45) is 5.17. The van der Waals surface area contributed by atoms with Gasteiger partial charge < -0.3 is 10.0 Å². The monoisotopic (exact) mass is 285 g/mol. The third-order valence-electron chi connectivity index (χ3n) is 2.76. The fraction of sp³-hybridized carbons (Fsp3) is 0.133. The number of guanidine groups is 1. The number of hydrogen-bond donors (Lipinski definition) is 2. The number of hydrogen-bond acceptors (Lipinski definition) is 4. The Kier molecular flexibility index (Phi) is 4.50. The fourth-order valence-corrected chi connectivity index (χ4v) is 1.74. The minimum Gasteiger partial charge on any atom is -0.480 e. The van der Waals surface area contributed by atoms with Gasteiger partial charge in [0, 0.05) is 7.05 Å². The van der Waals surface area contributed by atoms with Crippen molar-refractivity contribution in [1.29, 1.82) is 0 Å². The first kappa shape index (κ1) is 14.5. The number of likely N-dealkylation sites (N-methyl/N-ethyl adjacent to an activating group) is 1. The molecule has 0 fully saturated rings. The fourth-order valence-electron chi connectivity index (χ4n) is 1.74. The molecule has 6 heteroatoms. The Balaban J connectivity index is 2.07. The highest BCUT2D eigenvalue weighted by molar-refractivity contribution is 6.12. The third kappa shape index (κ3) is 4.04. The van der Waals surface area contributed by atoms with Crippen LogP contribution in [-0.2, 0) is 9.59 Å². The standard InChI is InChI=1S/C15H15N3O3/c1-18(10-13(19)20)15-16-12(14(21)17-15)9-5-8-11-6-3-2-4-7-11/h2-9H,10H2,1H3,(H,19,20)(H,16,17,21). The number of carbonyl (C=O) groups excluding carboxylic acids is 1.